The summed E-state index contributed by atoms with van der Waals surface area (Å²) in [5.74, 6) is 0. The van der Waals surface area contributed by atoms with Crippen LogP contribution >= 0.6 is 0 Å². The number of hydrogen-bond acceptors (Lipinski definition) is 3. The fourth-order valence-electron chi connectivity index (χ4n) is 1.78. The van der Waals surface area contributed by atoms with E-state index in [1.165, 1.54) is 12.1 Å². The first-order valence-corrected chi connectivity index (χ1v) is 6.92. The Kier molecular flexibility index (Phi) is 3.36. The summed E-state index contributed by atoms with van der Waals surface area (Å²) >= 11 is 0. The van der Waals surface area contributed by atoms with Gasteiger partial charge in [0, 0.05) is 23.0 Å². The summed E-state index contributed by atoms with van der Waals surface area (Å²) in [5, 5.41) is 1.35. The highest BCUT2D eigenvalue weighted by atomic mass is 32.2. The quantitative estimate of drug-likeness (QED) is 0.653. The molecule has 0 saturated carbocycles. The van der Waals surface area contributed by atoms with Gasteiger partial charge in [-0.2, -0.15) is 0 Å². The first-order valence-electron chi connectivity index (χ1n) is 5.44. The van der Waals surface area contributed by atoms with Gasteiger partial charge >= 0.3 is 0 Å². The summed E-state index contributed by atoms with van der Waals surface area (Å²) < 4.78 is 26.7. The molecule has 3 N–H and O–H groups in total. The van der Waals surface area contributed by atoms with Crippen LogP contribution in [0, 0.1) is 0 Å². The van der Waals surface area contributed by atoms with Crippen molar-refractivity contribution in [3.8, 4) is 0 Å². The standard InChI is InChI=1S/C13H14N2O2S/c1-2-9-15-18(16,17)13-8-7-12(14)10-5-3-4-6-11(10)13/h2-8,15H,1,9,14H2. The number of benzene rings is 2. The first-order chi connectivity index (χ1) is 8.56. The highest BCUT2D eigenvalue weighted by Gasteiger charge is 2.16. The molecule has 0 amide bonds. The molecule has 0 spiro atoms. The Morgan fingerprint density at radius 3 is 2.50 bits per heavy atom. The number of hydrogen-bond donors (Lipinski definition) is 2. The average molecular weight is 262 g/mol. The van der Waals surface area contributed by atoms with Crippen molar-refractivity contribution in [3.05, 3.63) is 49.1 Å². The van der Waals surface area contributed by atoms with Crippen molar-refractivity contribution in [1.82, 2.24) is 4.72 Å². The van der Waals surface area contributed by atoms with Crippen molar-refractivity contribution >= 4 is 26.5 Å². The molecule has 2 aromatic carbocycles. The molecule has 0 aliphatic carbocycles. The van der Waals surface area contributed by atoms with Crippen molar-refractivity contribution in [1.29, 1.82) is 0 Å². The normalized spacial score (nSPS) is 11.6. The van der Waals surface area contributed by atoms with E-state index in [9.17, 15) is 8.42 Å². The molecule has 0 atom stereocenters. The van der Waals surface area contributed by atoms with Crippen LogP contribution in [0.4, 0.5) is 5.69 Å². The fraction of sp³-hybridized carbons (Fsp3) is 0.0769. The third-order valence-electron chi connectivity index (χ3n) is 2.63. The molecule has 94 valence electrons. The molecule has 5 heteroatoms. The van der Waals surface area contributed by atoms with Crippen LogP contribution in [0.5, 0.6) is 0 Å². The molecule has 0 unspecified atom stereocenters. The maximum Gasteiger partial charge on any atom is 0.241 e. The zero-order valence-corrected chi connectivity index (χ0v) is 10.6. The third-order valence-corrected chi connectivity index (χ3v) is 4.11. The Hall–Kier alpha value is -1.85. The molecule has 2 rings (SSSR count). The lowest BCUT2D eigenvalue weighted by Gasteiger charge is -2.09. The van der Waals surface area contributed by atoms with Gasteiger partial charge in [0.05, 0.1) is 4.90 Å². The highest BCUT2D eigenvalue weighted by Crippen LogP contribution is 2.27. The zero-order chi connectivity index (χ0) is 13.2. The Morgan fingerprint density at radius 1 is 1.17 bits per heavy atom. The van der Waals surface area contributed by atoms with Gasteiger partial charge in [0.25, 0.3) is 0 Å². The number of nitrogens with one attached hydrogen (secondary N) is 1. The number of rotatable bonds is 4. The van der Waals surface area contributed by atoms with Crippen LogP contribution in [0.3, 0.4) is 0 Å². The Morgan fingerprint density at radius 2 is 1.83 bits per heavy atom. The van der Waals surface area contributed by atoms with Gasteiger partial charge in [-0.05, 0) is 12.1 Å². The van der Waals surface area contributed by atoms with Gasteiger partial charge in [0.15, 0.2) is 0 Å². The predicted octanol–water partition coefficient (Wildman–Crippen LogP) is 1.89. The first kappa shape index (κ1) is 12.6. The van der Waals surface area contributed by atoms with Gasteiger partial charge in [-0.25, -0.2) is 13.1 Å². The van der Waals surface area contributed by atoms with Gasteiger partial charge in [-0.1, -0.05) is 30.3 Å². The molecule has 0 aromatic heterocycles. The Bertz CT molecular complexity index is 693. The van der Waals surface area contributed by atoms with E-state index in [-0.39, 0.29) is 11.4 Å². The molecule has 0 aliphatic heterocycles. The van der Waals surface area contributed by atoms with Crippen LogP contribution in [0.2, 0.25) is 0 Å². The van der Waals surface area contributed by atoms with E-state index < -0.39 is 10.0 Å². The Balaban J connectivity index is 2.66. The number of sulfonamides is 1. The number of fused-ring (bicyclic) bond motifs is 1. The monoisotopic (exact) mass is 262 g/mol. The van der Waals surface area contributed by atoms with Gasteiger partial charge in [0.1, 0.15) is 0 Å². The highest BCUT2D eigenvalue weighted by molar-refractivity contribution is 7.89. The van der Waals surface area contributed by atoms with E-state index >= 15 is 0 Å². The molecule has 0 aliphatic rings. The lowest BCUT2D eigenvalue weighted by Crippen LogP contribution is -2.23. The van der Waals surface area contributed by atoms with Crippen LogP contribution in [0.15, 0.2) is 53.9 Å². The fourth-order valence-corrected chi connectivity index (χ4v) is 2.98. The number of nitrogen functional groups attached to an aromatic ring is 1. The van der Waals surface area contributed by atoms with E-state index in [0.717, 1.165) is 5.39 Å². The largest absolute Gasteiger partial charge is 0.398 e. The van der Waals surface area contributed by atoms with Crippen molar-refractivity contribution < 1.29 is 8.42 Å². The smallest absolute Gasteiger partial charge is 0.241 e. The van der Waals surface area contributed by atoms with Crippen molar-refractivity contribution in [2.75, 3.05) is 12.3 Å². The maximum absolute atomic E-state index is 12.1. The molecule has 2 aromatic rings. The van der Waals surface area contributed by atoms with Crippen LogP contribution in [-0.4, -0.2) is 15.0 Å². The SMILES string of the molecule is C=CCNS(=O)(=O)c1ccc(N)c2ccccc12. The topological polar surface area (TPSA) is 72.2 Å². The minimum atomic E-state index is -3.54. The molecule has 0 heterocycles. The van der Waals surface area contributed by atoms with E-state index in [1.807, 2.05) is 6.07 Å². The Labute approximate surface area is 106 Å². The van der Waals surface area contributed by atoms with Crippen molar-refractivity contribution in [3.63, 3.8) is 0 Å². The minimum absolute atomic E-state index is 0.195. The second kappa shape index (κ2) is 4.80. The van der Waals surface area contributed by atoms with Crippen LogP contribution in [0.1, 0.15) is 0 Å². The van der Waals surface area contributed by atoms with Crippen LogP contribution in [-0.2, 0) is 10.0 Å². The van der Waals surface area contributed by atoms with Crippen molar-refractivity contribution in [2.45, 2.75) is 4.90 Å². The average Bonchev–Trinajstić information content (AvgIpc) is 2.37. The minimum Gasteiger partial charge on any atom is -0.398 e. The summed E-state index contributed by atoms with van der Waals surface area (Å²) in [6.07, 6.45) is 1.50. The lowest BCUT2D eigenvalue weighted by atomic mass is 10.1. The van der Waals surface area contributed by atoms with Gasteiger partial charge < -0.3 is 5.73 Å². The molecule has 0 saturated heterocycles. The van der Waals surface area contributed by atoms with Crippen LogP contribution in [0.25, 0.3) is 10.8 Å². The second-order valence-corrected chi connectivity index (χ2v) is 5.57. The van der Waals surface area contributed by atoms with Gasteiger partial charge in [-0.3, -0.25) is 0 Å². The molecular formula is C13H14N2O2S. The number of anilines is 1. The van der Waals surface area contributed by atoms with E-state index in [2.05, 4.69) is 11.3 Å². The van der Waals surface area contributed by atoms with Crippen molar-refractivity contribution in [2.24, 2.45) is 0 Å². The second-order valence-electron chi connectivity index (χ2n) is 3.84. The summed E-state index contributed by atoms with van der Waals surface area (Å²) in [6, 6.07) is 10.3. The molecule has 4 nitrogen and oxygen atoms in total. The summed E-state index contributed by atoms with van der Waals surface area (Å²) in [6.45, 7) is 3.68. The molecule has 0 bridgehead atoms. The van der Waals surface area contributed by atoms with Crippen LogP contribution < -0.4 is 10.5 Å². The maximum atomic E-state index is 12.1. The summed E-state index contributed by atoms with van der Waals surface area (Å²) in [7, 11) is -3.54. The zero-order valence-electron chi connectivity index (χ0n) is 9.76. The van der Waals surface area contributed by atoms with E-state index in [1.54, 1.807) is 24.3 Å². The lowest BCUT2D eigenvalue weighted by molar-refractivity contribution is 0.586. The van der Waals surface area contributed by atoms with Gasteiger partial charge in [-0.15, -0.1) is 6.58 Å². The van der Waals surface area contributed by atoms with Gasteiger partial charge in [0.2, 0.25) is 10.0 Å². The predicted molar refractivity (Wildman–Crippen MR) is 73.7 cm³/mol. The van der Waals surface area contributed by atoms with E-state index in [4.69, 9.17) is 5.73 Å². The summed E-state index contributed by atoms with van der Waals surface area (Å²) in [5.41, 5.74) is 6.40. The molecule has 18 heavy (non-hydrogen) atoms. The van der Waals surface area contributed by atoms with E-state index in [0.29, 0.717) is 11.1 Å². The molecular weight excluding hydrogens is 248 g/mol. The third kappa shape index (κ3) is 2.23. The molecule has 0 radical (unpaired) electrons. The molecule has 0 fully saturated rings. The summed E-state index contributed by atoms with van der Waals surface area (Å²) in [4.78, 5) is 0.231. The number of nitrogens with two attached hydrogens (primary N) is 1.